The molecule has 1 saturated carbocycles. The van der Waals surface area contributed by atoms with Gasteiger partial charge in [0.2, 0.25) is 11.8 Å². The summed E-state index contributed by atoms with van der Waals surface area (Å²) in [7, 11) is 0. The summed E-state index contributed by atoms with van der Waals surface area (Å²) in [5.41, 5.74) is 0.0383. The Labute approximate surface area is 120 Å². The van der Waals surface area contributed by atoms with Gasteiger partial charge in [0.25, 0.3) is 0 Å². The highest BCUT2D eigenvalue weighted by molar-refractivity contribution is 5.99. The summed E-state index contributed by atoms with van der Waals surface area (Å²) in [5.74, 6) is 0.240. The number of fused-ring (bicyclic) bond motifs is 2. The number of rotatable bonds is 1. The highest BCUT2D eigenvalue weighted by Gasteiger charge is 2.48. The van der Waals surface area contributed by atoms with Crippen LogP contribution in [-0.4, -0.2) is 34.8 Å². The van der Waals surface area contributed by atoms with Gasteiger partial charge in [-0.2, -0.15) is 0 Å². The van der Waals surface area contributed by atoms with Gasteiger partial charge in [0.15, 0.2) is 0 Å². The van der Waals surface area contributed by atoms with Gasteiger partial charge in [-0.3, -0.25) is 14.5 Å². The lowest BCUT2D eigenvalue weighted by molar-refractivity contribution is -0.157. The van der Waals surface area contributed by atoms with Crippen molar-refractivity contribution in [1.29, 1.82) is 0 Å². The maximum absolute atomic E-state index is 12.6. The Morgan fingerprint density at radius 2 is 1.50 bits per heavy atom. The van der Waals surface area contributed by atoms with Crippen molar-refractivity contribution < 1.29 is 9.59 Å². The van der Waals surface area contributed by atoms with Crippen molar-refractivity contribution in [3.05, 3.63) is 0 Å². The number of piperidine rings is 2. The van der Waals surface area contributed by atoms with Crippen LogP contribution in [0.15, 0.2) is 0 Å². The quantitative estimate of drug-likeness (QED) is 0.745. The average molecular weight is 276 g/mol. The van der Waals surface area contributed by atoms with E-state index in [0.717, 1.165) is 25.7 Å². The molecular weight excluding hydrogens is 252 g/mol. The first-order valence-corrected chi connectivity index (χ1v) is 8.26. The van der Waals surface area contributed by atoms with Gasteiger partial charge >= 0.3 is 0 Å². The van der Waals surface area contributed by atoms with Crippen LogP contribution in [0.2, 0.25) is 0 Å². The third-order valence-corrected chi connectivity index (χ3v) is 6.07. The molecule has 4 aliphatic rings. The molecule has 4 heteroatoms. The van der Waals surface area contributed by atoms with E-state index in [1.807, 2.05) is 0 Å². The maximum Gasteiger partial charge on any atom is 0.230 e. The molecule has 2 bridgehead atoms. The van der Waals surface area contributed by atoms with Crippen LogP contribution in [0.25, 0.3) is 0 Å². The smallest absolute Gasteiger partial charge is 0.230 e. The molecule has 0 aromatic heterocycles. The number of imide groups is 1. The van der Waals surface area contributed by atoms with Gasteiger partial charge in [-0.15, -0.1) is 0 Å². The summed E-state index contributed by atoms with van der Waals surface area (Å²) < 4.78 is 0. The van der Waals surface area contributed by atoms with Crippen molar-refractivity contribution in [2.24, 2.45) is 5.41 Å². The minimum atomic E-state index is 0.0383. The Hall–Kier alpha value is -0.900. The third kappa shape index (κ3) is 2.00. The zero-order valence-corrected chi connectivity index (χ0v) is 12.1. The van der Waals surface area contributed by atoms with Crippen molar-refractivity contribution in [2.75, 3.05) is 0 Å². The van der Waals surface area contributed by atoms with Crippen molar-refractivity contribution in [2.45, 2.75) is 82.3 Å². The van der Waals surface area contributed by atoms with E-state index in [4.69, 9.17) is 0 Å². The second-order valence-electron chi connectivity index (χ2n) is 7.48. The standard InChI is InChI=1S/C16H24N2O2/c19-14-9-16(5-1-2-6-16)10-15(20)18(14)13-7-11-3-4-12(8-13)17-11/h11-13,17H,1-10H2. The molecule has 3 aliphatic heterocycles. The third-order valence-electron chi connectivity index (χ3n) is 6.07. The summed E-state index contributed by atoms with van der Waals surface area (Å²) in [4.78, 5) is 26.8. The molecule has 0 radical (unpaired) electrons. The second-order valence-corrected chi connectivity index (χ2v) is 7.48. The number of amides is 2. The van der Waals surface area contributed by atoms with E-state index in [9.17, 15) is 9.59 Å². The summed E-state index contributed by atoms with van der Waals surface area (Å²) >= 11 is 0. The molecule has 2 atom stereocenters. The number of hydrogen-bond donors (Lipinski definition) is 1. The predicted molar refractivity (Wildman–Crippen MR) is 75.0 cm³/mol. The highest BCUT2D eigenvalue weighted by atomic mass is 16.2. The fourth-order valence-electron chi connectivity index (χ4n) is 5.14. The topological polar surface area (TPSA) is 49.4 Å². The van der Waals surface area contributed by atoms with E-state index < -0.39 is 0 Å². The van der Waals surface area contributed by atoms with Crippen molar-refractivity contribution >= 4 is 11.8 Å². The number of carbonyl (C=O) groups excluding carboxylic acids is 2. The Balaban J connectivity index is 1.51. The molecule has 4 fully saturated rings. The first kappa shape index (κ1) is 12.8. The molecule has 0 aromatic rings. The van der Waals surface area contributed by atoms with E-state index in [1.165, 1.54) is 25.7 Å². The fourth-order valence-corrected chi connectivity index (χ4v) is 5.14. The van der Waals surface area contributed by atoms with Crippen molar-refractivity contribution in [3.8, 4) is 0 Å². The summed E-state index contributed by atoms with van der Waals surface area (Å²) in [6, 6.07) is 1.23. The number of carbonyl (C=O) groups is 2. The predicted octanol–water partition coefficient (Wildman–Crippen LogP) is 1.98. The van der Waals surface area contributed by atoms with Crippen LogP contribution < -0.4 is 5.32 Å². The van der Waals surface area contributed by atoms with E-state index in [-0.39, 0.29) is 23.3 Å². The molecule has 3 heterocycles. The monoisotopic (exact) mass is 276 g/mol. The normalized spacial score (nSPS) is 39.8. The van der Waals surface area contributed by atoms with Gasteiger partial charge in [-0.1, -0.05) is 12.8 Å². The van der Waals surface area contributed by atoms with Crippen molar-refractivity contribution in [1.82, 2.24) is 10.2 Å². The lowest BCUT2D eigenvalue weighted by atomic mass is 9.75. The van der Waals surface area contributed by atoms with E-state index in [1.54, 1.807) is 4.90 Å². The summed E-state index contributed by atoms with van der Waals surface area (Å²) in [6.07, 6.45) is 10.2. The second kappa shape index (κ2) is 4.55. The molecule has 110 valence electrons. The number of likely N-dealkylation sites (tertiary alicyclic amines) is 1. The minimum Gasteiger partial charge on any atom is -0.311 e. The Kier molecular flexibility index (Phi) is 2.92. The van der Waals surface area contributed by atoms with Crippen LogP contribution in [0, 0.1) is 5.41 Å². The minimum absolute atomic E-state index is 0.0383. The fraction of sp³-hybridized carbons (Fsp3) is 0.875. The first-order chi connectivity index (χ1) is 9.65. The number of nitrogens with one attached hydrogen (secondary N) is 1. The summed E-state index contributed by atoms with van der Waals surface area (Å²) in [6.45, 7) is 0. The van der Waals surface area contributed by atoms with Crippen LogP contribution in [0.3, 0.4) is 0 Å². The van der Waals surface area contributed by atoms with Crippen molar-refractivity contribution in [3.63, 3.8) is 0 Å². The van der Waals surface area contributed by atoms with Crippen LogP contribution in [-0.2, 0) is 9.59 Å². The van der Waals surface area contributed by atoms with Crippen LogP contribution in [0.4, 0.5) is 0 Å². The summed E-state index contributed by atoms with van der Waals surface area (Å²) in [5, 5.41) is 3.59. The highest BCUT2D eigenvalue weighted by Crippen LogP contribution is 2.47. The van der Waals surface area contributed by atoms with Crippen LogP contribution in [0.5, 0.6) is 0 Å². The van der Waals surface area contributed by atoms with Gasteiger partial charge in [-0.25, -0.2) is 0 Å². The van der Waals surface area contributed by atoms with Gasteiger partial charge < -0.3 is 5.32 Å². The first-order valence-electron chi connectivity index (χ1n) is 8.26. The lowest BCUT2D eigenvalue weighted by Crippen LogP contribution is -2.56. The SMILES string of the molecule is O=C1CC2(CCCC2)CC(=O)N1C1CC2CCC(C1)N2. The van der Waals surface area contributed by atoms with Gasteiger partial charge in [0.1, 0.15) is 0 Å². The molecule has 1 aliphatic carbocycles. The Morgan fingerprint density at radius 1 is 0.950 bits per heavy atom. The molecular formula is C16H24N2O2. The molecule has 4 nitrogen and oxygen atoms in total. The number of hydrogen-bond acceptors (Lipinski definition) is 3. The molecule has 3 saturated heterocycles. The van der Waals surface area contributed by atoms with E-state index in [0.29, 0.717) is 24.9 Å². The Morgan fingerprint density at radius 3 is 2.05 bits per heavy atom. The van der Waals surface area contributed by atoms with E-state index in [2.05, 4.69) is 5.32 Å². The van der Waals surface area contributed by atoms with Crippen LogP contribution >= 0.6 is 0 Å². The van der Waals surface area contributed by atoms with E-state index >= 15 is 0 Å². The maximum atomic E-state index is 12.6. The largest absolute Gasteiger partial charge is 0.311 e. The molecule has 2 amide bonds. The Bertz CT molecular complexity index is 410. The zero-order chi connectivity index (χ0) is 13.7. The molecule has 1 spiro atoms. The zero-order valence-electron chi connectivity index (χ0n) is 12.1. The van der Waals surface area contributed by atoms with Crippen LogP contribution in [0.1, 0.15) is 64.2 Å². The molecule has 0 aromatic carbocycles. The van der Waals surface area contributed by atoms with Gasteiger partial charge in [0.05, 0.1) is 0 Å². The molecule has 1 N–H and O–H groups in total. The lowest BCUT2D eigenvalue weighted by Gasteiger charge is -2.43. The molecule has 2 unspecified atom stereocenters. The van der Waals surface area contributed by atoms with Gasteiger partial charge in [-0.05, 0) is 43.9 Å². The number of nitrogens with zero attached hydrogens (tertiary/aromatic N) is 1. The average Bonchev–Trinajstić information content (AvgIpc) is 2.96. The molecule has 4 rings (SSSR count). The van der Waals surface area contributed by atoms with Gasteiger partial charge in [0, 0.05) is 31.0 Å². The molecule has 20 heavy (non-hydrogen) atoms.